The Morgan fingerprint density at radius 3 is 2.60 bits per heavy atom. The first kappa shape index (κ1) is 19.2. The summed E-state index contributed by atoms with van der Waals surface area (Å²) in [7, 11) is -1.81. The molecule has 9 heteroatoms. The lowest BCUT2D eigenvalue weighted by atomic mass is 10.1. The zero-order valence-corrected chi connectivity index (χ0v) is 15.1. The van der Waals surface area contributed by atoms with Crippen LogP contribution in [0.2, 0.25) is 0 Å². The van der Waals surface area contributed by atoms with Gasteiger partial charge in [-0.3, -0.25) is 9.59 Å². The number of hydrogen-bond acceptors (Lipinski definition) is 5. The van der Waals surface area contributed by atoms with E-state index in [1.165, 1.54) is 0 Å². The number of nitrogens with one attached hydrogen (secondary N) is 2. The maximum absolute atomic E-state index is 12.0. The molecule has 2 rings (SSSR count). The lowest BCUT2D eigenvalue weighted by Gasteiger charge is -2.17. The average Bonchev–Trinajstić information content (AvgIpc) is 2.90. The Bertz CT molecular complexity index is 718. The molecule has 2 N–H and O–H groups in total. The van der Waals surface area contributed by atoms with Gasteiger partial charge in [0.25, 0.3) is 0 Å². The monoisotopic (exact) mass is 369 g/mol. The summed E-state index contributed by atoms with van der Waals surface area (Å²) in [6, 6.07) is 7.36. The van der Waals surface area contributed by atoms with E-state index in [0.29, 0.717) is 19.5 Å². The molecule has 0 radical (unpaired) electrons. The van der Waals surface area contributed by atoms with Crippen molar-refractivity contribution in [1.29, 1.82) is 0 Å². The van der Waals surface area contributed by atoms with Crippen molar-refractivity contribution in [2.45, 2.75) is 18.9 Å². The Hall–Kier alpha value is -2.13. The number of rotatable bonds is 8. The lowest BCUT2D eigenvalue weighted by Crippen LogP contribution is -2.43. The third-order valence-corrected chi connectivity index (χ3v) is 4.57. The number of carbonyl (C=O) groups is 2. The van der Waals surface area contributed by atoms with E-state index in [4.69, 9.17) is 4.74 Å². The van der Waals surface area contributed by atoms with Crippen molar-refractivity contribution in [1.82, 2.24) is 14.9 Å². The van der Waals surface area contributed by atoms with Crippen LogP contribution in [0, 0.1) is 0 Å². The number of likely N-dealkylation sites (tertiary alicyclic amines) is 1. The molecule has 0 aliphatic carbocycles. The van der Waals surface area contributed by atoms with Gasteiger partial charge in [0, 0.05) is 19.5 Å². The van der Waals surface area contributed by atoms with Crippen LogP contribution in [-0.4, -0.2) is 64.2 Å². The number of carbonyl (C=O) groups excluding carboxylic acids is 2. The molecule has 0 saturated carbocycles. The van der Waals surface area contributed by atoms with Crippen LogP contribution in [0.15, 0.2) is 24.3 Å². The van der Waals surface area contributed by atoms with Gasteiger partial charge in [-0.05, 0) is 24.1 Å². The van der Waals surface area contributed by atoms with E-state index in [1.807, 2.05) is 24.3 Å². The Balaban J connectivity index is 1.78. The van der Waals surface area contributed by atoms with Gasteiger partial charge in [-0.1, -0.05) is 12.1 Å². The average molecular weight is 369 g/mol. The fraction of sp³-hybridized carbons (Fsp3) is 0.500. The normalized spacial score (nSPS) is 17.6. The standard InChI is InChI=1S/C16H23N3O5S/c1-24-14-5-3-12(4-6-14)7-8-19-11-13(9-16(19)21)18-15(20)10-17-25(2,22)23/h3-6,13,17H,7-11H2,1-2H3,(H,18,20). The zero-order chi connectivity index (χ0) is 18.4. The smallest absolute Gasteiger partial charge is 0.235 e. The molecular weight excluding hydrogens is 346 g/mol. The van der Waals surface area contributed by atoms with E-state index in [2.05, 4.69) is 10.0 Å². The molecule has 0 spiro atoms. The summed E-state index contributed by atoms with van der Waals surface area (Å²) < 4.78 is 29.2. The van der Waals surface area contributed by atoms with E-state index in [9.17, 15) is 18.0 Å². The van der Waals surface area contributed by atoms with Gasteiger partial charge in [-0.2, -0.15) is 0 Å². The van der Waals surface area contributed by atoms with Gasteiger partial charge in [0.2, 0.25) is 21.8 Å². The molecule has 1 saturated heterocycles. The fourth-order valence-corrected chi connectivity index (χ4v) is 3.01. The van der Waals surface area contributed by atoms with Crippen molar-refractivity contribution in [3.05, 3.63) is 29.8 Å². The summed E-state index contributed by atoms with van der Waals surface area (Å²) in [5.41, 5.74) is 1.10. The summed E-state index contributed by atoms with van der Waals surface area (Å²) in [6.45, 7) is 0.675. The van der Waals surface area contributed by atoms with Crippen LogP contribution in [0.4, 0.5) is 0 Å². The second-order valence-corrected chi connectivity index (χ2v) is 7.83. The first-order chi connectivity index (χ1) is 11.8. The Kier molecular flexibility index (Phi) is 6.38. The van der Waals surface area contributed by atoms with Crippen LogP contribution in [0.3, 0.4) is 0 Å². The quantitative estimate of drug-likeness (QED) is 0.643. The number of amides is 2. The molecule has 1 atom stereocenters. The molecule has 1 aromatic carbocycles. The second-order valence-electron chi connectivity index (χ2n) is 6.00. The summed E-state index contributed by atoms with van der Waals surface area (Å²) in [5.74, 6) is 0.321. The first-order valence-corrected chi connectivity index (χ1v) is 9.80. The van der Waals surface area contributed by atoms with Crippen molar-refractivity contribution < 1.29 is 22.7 Å². The molecular formula is C16H23N3O5S. The lowest BCUT2D eigenvalue weighted by molar-refractivity contribution is -0.127. The zero-order valence-electron chi connectivity index (χ0n) is 14.3. The minimum Gasteiger partial charge on any atom is -0.497 e. The van der Waals surface area contributed by atoms with Gasteiger partial charge in [-0.25, -0.2) is 13.1 Å². The number of benzene rings is 1. The summed E-state index contributed by atoms with van der Waals surface area (Å²) in [4.78, 5) is 25.5. The van der Waals surface area contributed by atoms with Crippen molar-refractivity contribution in [3.8, 4) is 5.75 Å². The van der Waals surface area contributed by atoms with Crippen molar-refractivity contribution in [2.75, 3.05) is 33.0 Å². The van der Waals surface area contributed by atoms with Crippen LogP contribution >= 0.6 is 0 Å². The van der Waals surface area contributed by atoms with Gasteiger partial charge in [0.05, 0.1) is 26.0 Å². The molecule has 8 nitrogen and oxygen atoms in total. The first-order valence-electron chi connectivity index (χ1n) is 7.91. The van der Waals surface area contributed by atoms with Gasteiger partial charge in [0.1, 0.15) is 5.75 Å². The van der Waals surface area contributed by atoms with E-state index in [0.717, 1.165) is 17.6 Å². The molecule has 138 valence electrons. The predicted molar refractivity (Wildman–Crippen MR) is 92.7 cm³/mol. The van der Waals surface area contributed by atoms with E-state index in [1.54, 1.807) is 12.0 Å². The molecule has 0 bridgehead atoms. The molecule has 1 unspecified atom stereocenters. The highest BCUT2D eigenvalue weighted by molar-refractivity contribution is 7.88. The van der Waals surface area contributed by atoms with Gasteiger partial charge < -0.3 is 15.0 Å². The molecule has 1 aromatic rings. The highest BCUT2D eigenvalue weighted by atomic mass is 32.2. The summed E-state index contributed by atoms with van der Waals surface area (Å²) >= 11 is 0. The third-order valence-electron chi connectivity index (χ3n) is 3.90. The van der Waals surface area contributed by atoms with Crippen molar-refractivity contribution in [2.24, 2.45) is 0 Å². The summed E-state index contributed by atoms with van der Waals surface area (Å²) in [5, 5.41) is 2.68. The predicted octanol–water partition coefficient (Wildman–Crippen LogP) is -0.496. The summed E-state index contributed by atoms with van der Waals surface area (Å²) in [6.07, 6.45) is 1.93. The highest BCUT2D eigenvalue weighted by Crippen LogP contribution is 2.15. The van der Waals surface area contributed by atoms with Crippen LogP contribution < -0.4 is 14.8 Å². The maximum atomic E-state index is 12.0. The minimum atomic E-state index is -3.42. The molecule has 2 amide bonds. The number of hydrogen-bond donors (Lipinski definition) is 2. The van der Waals surface area contributed by atoms with Gasteiger partial charge in [-0.15, -0.1) is 0 Å². The van der Waals surface area contributed by atoms with Gasteiger partial charge >= 0.3 is 0 Å². The van der Waals surface area contributed by atoms with Crippen LogP contribution in [-0.2, 0) is 26.0 Å². The Morgan fingerprint density at radius 2 is 2.00 bits per heavy atom. The largest absolute Gasteiger partial charge is 0.497 e. The second kappa shape index (κ2) is 8.30. The topological polar surface area (TPSA) is 105 Å². The molecule has 0 aromatic heterocycles. The van der Waals surface area contributed by atoms with Crippen LogP contribution in [0.5, 0.6) is 5.75 Å². The van der Waals surface area contributed by atoms with Crippen LogP contribution in [0.1, 0.15) is 12.0 Å². The number of sulfonamides is 1. The molecule has 1 aliphatic rings. The fourth-order valence-electron chi connectivity index (χ4n) is 2.62. The van der Waals surface area contributed by atoms with E-state index < -0.39 is 15.9 Å². The Labute approximate surface area is 147 Å². The van der Waals surface area contributed by atoms with Crippen LogP contribution in [0.25, 0.3) is 0 Å². The number of nitrogens with zero attached hydrogens (tertiary/aromatic N) is 1. The SMILES string of the molecule is COc1ccc(CCN2CC(NC(=O)CNS(C)(=O)=O)CC2=O)cc1. The molecule has 1 fully saturated rings. The van der Waals surface area contributed by atoms with Crippen molar-refractivity contribution in [3.63, 3.8) is 0 Å². The third kappa shape index (κ3) is 6.35. The molecule has 1 heterocycles. The number of ether oxygens (including phenoxy) is 1. The van der Waals surface area contributed by atoms with Gasteiger partial charge in [0.15, 0.2) is 0 Å². The maximum Gasteiger partial charge on any atom is 0.235 e. The molecule has 1 aliphatic heterocycles. The molecule has 25 heavy (non-hydrogen) atoms. The number of methoxy groups -OCH3 is 1. The minimum absolute atomic E-state index is 0.0186. The highest BCUT2D eigenvalue weighted by Gasteiger charge is 2.30. The van der Waals surface area contributed by atoms with E-state index >= 15 is 0 Å². The Morgan fingerprint density at radius 1 is 1.32 bits per heavy atom. The van der Waals surface area contributed by atoms with E-state index in [-0.39, 0.29) is 24.9 Å². The van der Waals surface area contributed by atoms with Crippen molar-refractivity contribution >= 4 is 21.8 Å².